The van der Waals surface area contributed by atoms with Gasteiger partial charge in [-0.1, -0.05) is 18.2 Å². The lowest BCUT2D eigenvalue weighted by Crippen LogP contribution is -1.81. The van der Waals surface area contributed by atoms with Crippen molar-refractivity contribution in [3.8, 4) is 28.0 Å². The van der Waals surface area contributed by atoms with Crippen LogP contribution in [0.2, 0.25) is 0 Å². The Kier molecular flexibility index (Phi) is 4.48. The highest BCUT2D eigenvalue weighted by Crippen LogP contribution is 2.31. The van der Waals surface area contributed by atoms with Gasteiger partial charge < -0.3 is 4.42 Å². The van der Waals surface area contributed by atoms with E-state index in [1.54, 1.807) is 47.7 Å². The second-order valence-corrected chi connectivity index (χ2v) is 7.17. The van der Waals surface area contributed by atoms with Crippen LogP contribution in [0.3, 0.4) is 0 Å². The Bertz CT molecular complexity index is 1120. The summed E-state index contributed by atoms with van der Waals surface area (Å²) in [4.78, 5) is 5.60. The average Bonchev–Trinajstić information content (AvgIpc) is 3.40. The summed E-state index contributed by atoms with van der Waals surface area (Å²) in [6, 6.07) is 15.9. The van der Waals surface area contributed by atoms with Crippen LogP contribution < -0.4 is 0 Å². The van der Waals surface area contributed by atoms with Crippen LogP contribution in [0.5, 0.6) is 0 Å². The molecule has 4 rings (SSSR count). The SMILES string of the molecule is N#C/C(=C\c1ccc(-c2ccccc2F)o1)c1nc(-c2cccs2)cs1. The number of hydrogen-bond acceptors (Lipinski definition) is 5. The summed E-state index contributed by atoms with van der Waals surface area (Å²) in [6.45, 7) is 0. The van der Waals surface area contributed by atoms with Gasteiger partial charge in [-0.3, -0.25) is 0 Å². The number of thiazole rings is 1. The highest BCUT2D eigenvalue weighted by atomic mass is 32.1. The summed E-state index contributed by atoms with van der Waals surface area (Å²) < 4.78 is 19.6. The number of hydrogen-bond donors (Lipinski definition) is 0. The summed E-state index contributed by atoms with van der Waals surface area (Å²) in [5.41, 5.74) is 1.65. The Hall–Kier alpha value is -3.01. The van der Waals surface area contributed by atoms with Crippen LogP contribution >= 0.6 is 22.7 Å². The van der Waals surface area contributed by atoms with Crippen molar-refractivity contribution in [3.63, 3.8) is 0 Å². The molecule has 0 amide bonds. The zero-order valence-corrected chi connectivity index (χ0v) is 15.0. The van der Waals surface area contributed by atoms with Crippen molar-refractivity contribution in [1.29, 1.82) is 5.26 Å². The standard InChI is InChI=1S/C20H11FN2OS2/c21-16-5-2-1-4-15(16)18-8-7-14(24-18)10-13(11-22)20-23-17(12-26-20)19-6-3-9-25-19/h1-10,12H/b13-10+. The molecule has 0 aliphatic heterocycles. The topological polar surface area (TPSA) is 49.8 Å². The van der Waals surface area contributed by atoms with E-state index in [0.717, 1.165) is 10.6 Å². The van der Waals surface area contributed by atoms with Crippen molar-refractivity contribution in [2.45, 2.75) is 0 Å². The van der Waals surface area contributed by atoms with Gasteiger partial charge in [0.2, 0.25) is 0 Å². The maximum absolute atomic E-state index is 13.9. The maximum atomic E-state index is 13.9. The largest absolute Gasteiger partial charge is 0.457 e. The van der Waals surface area contributed by atoms with E-state index in [2.05, 4.69) is 11.1 Å². The number of thiophene rings is 1. The Morgan fingerprint density at radius 2 is 2.00 bits per heavy atom. The molecule has 0 aliphatic carbocycles. The van der Waals surface area contributed by atoms with Crippen LogP contribution in [-0.2, 0) is 0 Å². The van der Waals surface area contributed by atoms with E-state index in [0.29, 0.717) is 27.7 Å². The van der Waals surface area contributed by atoms with E-state index in [9.17, 15) is 9.65 Å². The minimum absolute atomic E-state index is 0.349. The Balaban J connectivity index is 1.65. The fourth-order valence-corrected chi connectivity index (χ4v) is 4.00. The molecule has 3 aromatic heterocycles. The van der Waals surface area contributed by atoms with Crippen LogP contribution in [0.15, 0.2) is 63.7 Å². The highest BCUT2D eigenvalue weighted by molar-refractivity contribution is 7.14. The van der Waals surface area contributed by atoms with E-state index >= 15 is 0 Å². The third-order valence-corrected chi connectivity index (χ3v) is 5.45. The van der Waals surface area contributed by atoms with Crippen molar-refractivity contribution >= 4 is 34.3 Å². The predicted molar refractivity (Wildman–Crippen MR) is 103 cm³/mol. The van der Waals surface area contributed by atoms with Crippen LogP contribution in [0.1, 0.15) is 10.8 Å². The normalized spacial score (nSPS) is 11.5. The third kappa shape index (κ3) is 3.23. The van der Waals surface area contributed by atoms with E-state index in [4.69, 9.17) is 4.42 Å². The number of allylic oxidation sites excluding steroid dienone is 1. The molecule has 0 aliphatic rings. The molecular formula is C20H11FN2OS2. The number of nitrogens with zero attached hydrogens (tertiary/aromatic N) is 2. The van der Waals surface area contributed by atoms with Gasteiger partial charge in [-0.2, -0.15) is 5.26 Å². The van der Waals surface area contributed by atoms with Gasteiger partial charge in [-0.25, -0.2) is 9.37 Å². The number of nitriles is 1. The first-order valence-electron chi connectivity index (χ1n) is 7.71. The van der Waals surface area contributed by atoms with Gasteiger partial charge in [0, 0.05) is 11.5 Å². The number of benzene rings is 1. The summed E-state index contributed by atoms with van der Waals surface area (Å²) in [5, 5.41) is 14.0. The van der Waals surface area contributed by atoms with Crippen molar-refractivity contribution < 1.29 is 8.81 Å². The van der Waals surface area contributed by atoms with E-state index in [-0.39, 0.29) is 5.82 Å². The van der Waals surface area contributed by atoms with Crippen LogP contribution in [0.4, 0.5) is 4.39 Å². The summed E-state index contributed by atoms with van der Waals surface area (Å²) >= 11 is 3.01. The van der Waals surface area contributed by atoms with Gasteiger partial charge in [0.1, 0.15) is 28.4 Å². The van der Waals surface area contributed by atoms with Crippen LogP contribution in [-0.4, -0.2) is 4.98 Å². The van der Waals surface area contributed by atoms with E-state index in [1.807, 2.05) is 22.9 Å². The minimum Gasteiger partial charge on any atom is -0.457 e. The van der Waals surface area contributed by atoms with Crippen LogP contribution in [0.25, 0.3) is 33.5 Å². The molecule has 4 aromatic rings. The monoisotopic (exact) mass is 378 g/mol. The molecule has 6 heteroatoms. The lowest BCUT2D eigenvalue weighted by molar-refractivity contribution is 0.561. The summed E-state index contributed by atoms with van der Waals surface area (Å²) in [5.74, 6) is 0.552. The van der Waals surface area contributed by atoms with Crippen LogP contribution in [0, 0.1) is 17.1 Å². The molecule has 0 radical (unpaired) electrons. The van der Waals surface area contributed by atoms with Crippen molar-refractivity contribution in [2.75, 3.05) is 0 Å². The van der Waals surface area contributed by atoms with Crippen molar-refractivity contribution in [3.05, 3.63) is 75.9 Å². The molecule has 0 saturated carbocycles. The fourth-order valence-electron chi connectivity index (χ4n) is 2.46. The lowest BCUT2D eigenvalue weighted by Gasteiger charge is -1.98. The fraction of sp³-hybridized carbons (Fsp3) is 0. The zero-order chi connectivity index (χ0) is 17.9. The number of aromatic nitrogens is 1. The van der Waals surface area contributed by atoms with E-state index < -0.39 is 0 Å². The van der Waals surface area contributed by atoms with Crippen molar-refractivity contribution in [1.82, 2.24) is 4.98 Å². The number of rotatable bonds is 4. The first kappa shape index (κ1) is 16.5. The smallest absolute Gasteiger partial charge is 0.137 e. The van der Waals surface area contributed by atoms with Gasteiger partial charge in [0.25, 0.3) is 0 Å². The second-order valence-electron chi connectivity index (χ2n) is 5.37. The minimum atomic E-state index is -0.349. The molecule has 3 nitrogen and oxygen atoms in total. The molecule has 0 unspecified atom stereocenters. The molecule has 26 heavy (non-hydrogen) atoms. The molecule has 126 valence electrons. The summed E-state index contributed by atoms with van der Waals surface area (Å²) in [6.07, 6.45) is 1.63. The molecule has 0 N–H and O–H groups in total. The average molecular weight is 378 g/mol. The molecule has 3 heterocycles. The van der Waals surface area contributed by atoms with Gasteiger partial charge in [0.05, 0.1) is 21.7 Å². The zero-order valence-electron chi connectivity index (χ0n) is 13.3. The number of furan rings is 1. The molecular weight excluding hydrogens is 367 g/mol. The Morgan fingerprint density at radius 1 is 1.12 bits per heavy atom. The second kappa shape index (κ2) is 7.08. The lowest BCUT2D eigenvalue weighted by atomic mass is 10.1. The summed E-state index contributed by atoms with van der Waals surface area (Å²) in [7, 11) is 0. The predicted octanol–water partition coefficient (Wildman–Crippen LogP) is 6.33. The quantitative estimate of drug-likeness (QED) is 0.390. The van der Waals surface area contributed by atoms with Gasteiger partial charge in [0.15, 0.2) is 0 Å². The third-order valence-electron chi connectivity index (χ3n) is 3.68. The Labute approximate surface area is 157 Å². The first-order chi connectivity index (χ1) is 12.7. The first-order valence-corrected chi connectivity index (χ1v) is 9.47. The molecule has 0 saturated heterocycles. The molecule has 1 aromatic carbocycles. The molecule has 0 bridgehead atoms. The molecule has 0 spiro atoms. The molecule has 0 atom stereocenters. The van der Waals surface area contributed by atoms with E-state index in [1.165, 1.54) is 17.4 Å². The van der Waals surface area contributed by atoms with Crippen molar-refractivity contribution in [2.24, 2.45) is 0 Å². The molecule has 0 fully saturated rings. The maximum Gasteiger partial charge on any atom is 0.137 e. The van der Waals surface area contributed by atoms with Gasteiger partial charge >= 0.3 is 0 Å². The Morgan fingerprint density at radius 3 is 2.77 bits per heavy atom. The number of halogens is 1. The van der Waals surface area contributed by atoms with Gasteiger partial charge in [-0.05, 0) is 35.7 Å². The van der Waals surface area contributed by atoms with Gasteiger partial charge in [-0.15, -0.1) is 22.7 Å². The highest BCUT2D eigenvalue weighted by Gasteiger charge is 2.12.